The molecule has 11 nitrogen and oxygen atoms in total. The summed E-state index contributed by atoms with van der Waals surface area (Å²) in [7, 11) is 0. The summed E-state index contributed by atoms with van der Waals surface area (Å²) >= 11 is 0. The predicted octanol–water partition coefficient (Wildman–Crippen LogP) is 3.01. The number of carboxylic acids is 1. The van der Waals surface area contributed by atoms with Crippen LogP contribution in [0.2, 0.25) is 0 Å². The van der Waals surface area contributed by atoms with Crippen molar-refractivity contribution >= 4 is 29.3 Å². The van der Waals surface area contributed by atoms with Gasteiger partial charge in [0.25, 0.3) is 0 Å². The van der Waals surface area contributed by atoms with Gasteiger partial charge in [-0.15, -0.1) is 0 Å². The molecule has 2 aromatic rings. The summed E-state index contributed by atoms with van der Waals surface area (Å²) in [6.45, 7) is 5.15. The van der Waals surface area contributed by atoms with E-state index < -0.39 is 12.1 Å². The highest BCUT2D eigenvalue weighted by atomic mass is 16.5. The Hall–Kier alpha value is -3.83. The predicted molar refractivity (Wildman–Crippen MR) is 161 cm³/mol. The molecule has 0 aliphatic carbocycles. The van der Waals surface area contributed by atoms with E-state index in [0.717, 1.165) is 31.5 Å². The maximum atomic E-state index is 12.9. The Kier molecular flexibility index (Phi) is 11.4. The lowest BCUT2D eigenvalue weighted by Crippen LogP contribution is -2.51. The van der Waals surface area contributed by atoms with Gasteiger partial charge >= 0.3 is 12.0 Å². The second-order valence-corrected chi connectivity index (χ2v) is 11.1. The summed E-state index contributed by atoms with van der Waals surface area (Å²) in [6.07, 6.45) is 2.97. The molecular formula is C31H43N5O6. The van der Waals surface area contributed by atoms with Gasteiger partial charge in [0.2, 0.25) is 5.91 Å². The Morgan fingerprint density at radius 2 is 1.62 bits per heavy atom. The van der Waals surface area contributed by atoms with Crippen molar-refractivity contribution in [1.82, 2.24) is 15.1 Å². The first-order valence-corrected chi connectivity index (χ1v) is 14.8. The number of nitrogens with zero attached hydrogens (tertiary/aromatic N) is 2. The maximum Gasteiger partial charge on any atom is 0.320 e. The number of amides is 3. The van der Waals surface area contributed by atoms with E-state index in [2.05, 4.69) is 40.2 Å². The zero-order valence-corrected chi connectivity index (χ0v) is 24.3. The summed E-state index contributed by atoms with van der Waals surface area (Å²) in [5, 5.41) is 29.0. The van der Waals surface area contributed by atoms with E-state index in [1.807, 2.05) is 4.90 Å². The monoisotopic (exact) mass is 581 g/mol. The van der Waals surface area contributed by atoms with E-state index in [1.165, 1.54) is 12.5 Å². The standard InChI is InChI=1S/C31H43N5O6/c1-22(37)33-27-3-2-4-29(19-27)42-21-28(38)20-32-14-9-23-5-7-25(8-6-23)34-26-12-17-36(18-13-26)31(41)35-15-10-24(11-16-35)30(39)40/h2-8,19,24,26,28,32,34,38H,9-18,20-21H2,1H3,(H,33,37)(H,39,40)/t28-/m0/s1. The molecule has 2 aromatic carbocycles. The molecule has 3 amide bonds. The molecule has 0 aromatic heterocycles. The zero-order chi connectivity index (χ0) is 29.9. The molecule has 4 rings (SSSR count). The molecule has 2 aliphatic heterocycles. The minimum absolute atomic E-state index is 0.0313. The smallest absolute Gasteiger partial charge is 0.320 e. The number of hydrogen-bond acceptors (Lipinski definition) is 7. The van der Waals surface area contributed by atoms with Crippen LogP contribution in [0.25, 0.3) is 0 Å². The van der Waals surface area contributed by atoms with Crippen molar-refractivity contribution in [2.24, 2.45) is 5.92 Å². The van der Waals surface area contributed by atoms with Crippen molar-refractivity contribution < 1.29 is 29.3 Å². The van der Waals surface area contributed by atoms with Gasteiger partial charge in [0, 0.05) is 63.1 Å². The summed E-state index contributed by atoms with van der Waals surface area (Å²) in [6, 6.07) is 15.8. The summed E-state index contributed by atoms with van der Waals surface area (Å²) < 4.78 is 5.65. The van der Waals surface area contributed by atoms with Crippen LogP contribution in [0.1, 0.15) is 38.2 Å². The van der Waals surface area contributed by atoms with E-state index in [1.54, 1.807) is 29.2 Å². The van der Waals surface area contributed by atoms with Crippen LogP contribution in [0.15, 0.2) is 48.5 Å². The average Bonchev–Trinajstić information content (AvgIpc) is 2.99. The number of anilines is 2. The SMILES string of the molecule is CC(=O)Nc1cccc(OC[C@@H](O)CNCCc2ccc(NC3CCN(C(=O)N4CCC(C(=O)O)CC4)CC3)cc2)c1. The van der Waals surface area contributed by atoms with Crippen LogP contribution in [0.4, 0.5) is 16.2 Å². The third-order valence-corrected chi connectivity index (χ3v) is 7.77. The third kappa shape index (κ3) is 9.63. The minimum atomic E-state index is -0.763. The first-order valence-electron chi connectivity index (χ1n) is 14.8. The number of aliphatic carboxylic acids is 1. The van der Waals surface area contributed by atoms with E-state index in [-0.39, 0.29) is 24.5 Å². The second-order valence-electron chi connectivity index (χ2n) is 11.1. The molecule has 2 fully saturated rings. The highest BCUT2D eigenvalue weighted by Gasteiger charge is 2.31. The van der Waals surface area contributed by atoms with Gasteiger partial charge < -0.3 is 40.7 Å². The number of aliphatic hydroxyl groups excluding tert-OH is 1. The number of hydrogen-bond donors (Lipinski definition) is 5. The highest BCUT2D eigenvalue weighted by molar-refractivity contribution is 5.88. The number of aliphatic hydroxyl groups is 1. The normalized spacial score (nSPS) is 17.0. The fourth-order valence-corrected chi connectivity index (χ4v) is 5.36. The first-order chi connectivity index (χ1) is 20.3. The number of carboxylic acid groups (broad SMARTS) is 1. The lowest BCUT2D eigenvalue weighted by Gasteiger charge is -2.38. The van der Waals surface area contributed by atoms with E-state index in [4.69, 9.17) is 9.84 Å². The van der Waals surface area contributed by atoms with Crippen molar-refractivity contribution in [1.29, 1.82) is 0 Å². The number of urea groups is 1. The number of benzene rings is 2. The average molecular weight is 582 g/mol. The van der Waals surface area contributed by atoms with Crippen LogP contribution in [-0.2, 0) is 16.0 Å². The molecule has 228 valence electrons. The Morgan fingerprint density at radius 1 is 0.952 bits per heavy atom. The first kappa shape index (κ1) is 31.1. The fourth-order valence-electron chi connectivity index (χ4n) is 5.36. The lowest BCUT2D eigenvalue weighted by atomic mass is 9.97. The molecule has 2 saturated heterocycles. The number of ether oxygens (including phenoxy) is 1. The minimum Gasteiger partial charge on any atom is -0.491 e. The van der Waals surface area contributed by atoms with Crippen LogP contribution in [0, 0.1) is 5.92 Å². The Balaban J connectivity index is 1.09. The quantitative estimate of drug-likeness (QED) is 0.241. The van der Waals surface area contributed by atoms with Gasteiger partial charge in [0.05, 0.1) is 5.92 Å². The molecule has 0 radical (unpaired) electrons. The number of rotatable bonds is 12. The van der Waals surface area contributed by atoms with Gasteiger partial charge in [-0.25, -0.2) is 4.79 Å². The van der Waals surface area contributed by atoms with Gasteiger partial charge in [-0.2, -0.15) is 0 Å². The van der Waals surface area contributed by atoms with Crippen LogP contribution in [0.5, 0.6) is 5.75 Å². The van der Waals surface area contributed by atoms with Crippen LogP contribution in [0.3, 0.4) is 0 Å². The van der Waals surface area contributed by atoms with Crippen molar-refractivity contribution in [2.45, 2.75) is 51.2 Å². The Morgan fingerprint density at radius 3 is 2.26 bits per heavy atom. The van der Waals surface area contributed by atoms with Gasteiger partial charge in [-0.3, -0.25) is 9.59 Å². The van der Waals surface area contributed by atoms with Crippen molar-refractivity contribution in [2.75, 3.05) is 56.5 Å². The Labute approximate surface area is 247 Å². The van der Waals surface area contributed by atoms with E-state index in [0.29, 0.717) is 63.0 Å². The van der Waals surface area contributed by atoms with Gasteiger partial charge in [0.15, 0.2) is 0 Å². The molecule has 2 aliphatic rings. The lowest BCUT2D eigenvalue weighted by molar-refractivity contribution is -0.143. The molecular weight excluding hydrogens is 538 g/mol. The Bertz CT molecular complexity index is 1180. The number of nitrogens with one attached hydrogen (secondary N) is 3. The maximum absolute atomic E-state index is 12.9. The van der Waals surface area contributed by atoms with Gasteiger partial charge in [0.1, 0.15) is 18.5 Å². The molecule has 0 spiro atoms. The van der Waals surface area contributed by atoms with Gasteiger partial charge in [-0.05, 0) is 68.5 Å². The van der Waals surface area contributed by atoms with Crippen molar-refractivity contribution in [3.63, 3.8) is 0 Å². The highest BCUT2D eigenvalue weighted by Crippen LogP contribution is 2.22. The molecule has 0 bridgehead atoms. The second kappa shape index (κ2) is 15.4. The van der Waals surface area contributed by atoms with Crippen LogP contribution in [-0.4, -0.2) is 95.9 Å². The van der Waals surface area contributed by atoms with Gasteiger partial charge in [-0.1, -0.05) is 18.2 Å². The van der Waals surface area contributed by atoms with Crippen LogP contribution >= 0.6 is 0 Å². The molecule has 42 heavy (non-hydrogen) atoms. The topological polar surface area (TPSA) is 143 Å². The van der Waals surface area contributed by atoms with Crippen molar-refractivity contribution in [3.8, 4) is 5.75 Å². The third-order valence-electron chi connectivity index (χ3n) is 7.77. The zero-order valence-electron chi connectivity index (χ0n) is 24.3. The summed E-state index contributed by atoms with van der Waals surface area (Å²) in [5.74, 6) is -0.663. The van der Waals surface area contributed by atoms with E-state index in [9.17, 15) is 19.5 Å². The molecule has 2 heterocycles. The largest absolute Gasteiger partial charge is 0.491 e. The number of piperidine rings is 2. The number of carbonyl (C=O) groups excluding carboxylic acids is 2. The van der Waals surface area contributed by atoms with E-state index >= 15 is 0 Å². The number of likely N-dealkylation sites (tertiary alicyclic amines) is 2. The molecule has 0 saturated carbocycles. The summed E-state index contributed by atoms with van der Waals surface area (Å²) in [5.41, 5.74) is 2.90. The molecule has 1 atom stereocenters. The van der Waals surface area contributed by atoms with Crippen LogP contribution < -0.4 is 20.7 Å². The molecule has 0 unspecified atom stereocenters. The summed E-state index contributed by atoms with van der Waals surface area (Å²) in [4.78, 5) is 38.9. The molecule has 11 heteroatoms. The molecule has 5 N–H and O–H groups in total. The number of carbonyl (C=O) groups is 3. The fraction of sp³-hybridized carbons (Fsp3) is 0.516. The van der Waals surface area contributed by atoms with Crippen molar-refractivity contribution in [3.05, 3.63) is 54.1 Å².